The van der Waals surface area contributed by atoms with Crippen LogP contribution in [0.5, 0.6) is 5.88 Å². The van der Waals surface area contributed by atoms with E-state index in [4.69, 9.17) is 20.5 Å². The highest BCUT2D eigenvalue weighted by molar-refractivity contribution is 5.73. The van der Waals surface area contributed by atoms with E-state index in [1.165, 1.54) is 0 Å². The molecule has 7 heteroatoms. The van der Waals surface area contributed by atoms with Crippen LogP contribution in [0.4, 0.5) is 17.2 Å². The standard InChI is InChI=1S/C18H20N4O3/c1-3-24-17(23)9-12-5-7-13(8-6-12)21-16-10-15(20)14(11-19)18(22-16)25-4-2/h5-8,10H,3-4,9H2,1-2H3,(H3,20,21,22). The van der Waals surface area contributed by atoms with Crippen molar-refractivity contribution in [2.45, 2.75) is 20.3 Å². The molecule has 0 bridgehead atoms. The van der Waals surface area contributed by atoms with E-state index in [2.05, 4.69) is 10.3 Å². The van der Waals surface area contributed by atoms with Gasteiger partial charge in [0.25, 0.3) is 0 Å². The van der Waals surface area contributed by atoms with Crippen LogP contribution in [0.15, 0.2) is 30.3 Å². The number of esters is 1. The molecular formula is C18H20N4O3. The van der Waals surface area contributed by atoms with Gasteiger partial charge in [0.2, 0.25) is 5.88 Å². The molecule has 0 amide bonds. The zero-order valence-electron chi connectivity index (χ0n) is 14.2. The van der Waals surface area contributed by atoms with Gasteiger partial charge in [-0.3, -0.25) is 4.79 Å². The molecule has 0 aliphatic heterocycles. The maximum Gasteiger partial charge on any atom is 0.310 e. The molecule has 0 saturated heterocycles. The molecule has 2 rings (SSSR count). The Morgan fingerprint density at radius 2 is 2.00 bits per heavy atom. The van der Waals surface area contributed by atoms with Crippen molar-refractivity contribution in [2.24, 2.45) is 0 Å². The van der Waals surface area contributed by atoms with Crippen LogP contribution in [-0.2, 0) is 16.0 Å². The first-order chi connectivity index (χ1) is 12.1. The second-order valence-corrected chi connectivity index (χ2v) is 5.13. The van der Waals surface area contributed by atoms with Crippen LogP contribution in [0.25, 0.3) is 0 Å². The first kappa shape index (κ1) is 18.1. The van der Waals surface area contributed by atoms with Gasteiger partial charge in [0, 0.05) is 11.8 Å². The molecule has 0 radical (unpaired) electrons. The number of carbonyl (C=O) groups is 1. The van der Waals surface area contributed by atoms with Crippen molar-refractivity contribution < 1.29 is 14.3 Å². The Balaban J connectivity index is 2.14. The smallest absolute Gasteiger partial charge is 0.310 e. The lowest BCUT2D eigenvalue weighted by Crippen LogP contribution is -2.07. The molecule has 1 heterocycles. The van der Waals surface area contributed by atoms with Crippen molar-refractivity contribution in [3.8, 4) is 11.9 Å². The summed E-state index contributed by atoms with van der Waals surface area (Å²) in [5, 5.41) is 12.2. The number of benzene rings is 1. The minimum absolute atomic E-state index is 0.200. The van der Waals surface area contributed by atoms with Crippen LogP contribution < -0.4 is 15.8 Å². The predicted octanol–water partition coefficient (Wildman–Crippen LogP) is 2.78. The molecule has 7 nitrogen and oxygen atoms in total. The molecule has 2 aromatic rings. The second kappa shape index (κ2) is 8.55. The fourth-order valence-corrected chi connectivity index (χ4v) is 2.19. The predicted molar refractivity (Wildman–Crippen MR) is 94.6 cm³/mol. The molecule has 0 fully saturated rings. The zero-order valence-corrected chi connectivity index (χ0v) is 14.2. The Morgan fingerprint density at radius 3 is 2.60 bits per heavy atom. The molecule has 0 spiro atoms. The Hall–Kier alpha value is -3.27. The summed E-state index contributed by atoms with van der Waals surface area (Å²) in [6.07, 6.45) is 0.227. The normalized spacial score (nSPS) is 9.96. The zero-order chi connectivity index (χ0) is 18.2. The van der Waals surface area contributed by atoms with Gasteiger partial charge >= 0.3 is 5.97 Å². The molecule has 0 aliphatic carbocycles. The van der Waals surface area contributed by atoms with Crippen LogP contribution in [0.1, 0.15) is 25.0 Å². The van der Waals surface area contributed by atoms with Crippen LogP contribution >= 0.6 is 0 Å². The quantitative estimate of drug-likeness (QED) is 0.746. The van der Waals surface area contributed by atoms with E-state index in [0.717, 1.165) is 11.3 Å². The summed E-state index contributed by atoms with van der Waals surface area (Å²) in [6, 6.07) is 10.9. The van der Waals surface area contributed by atoms with E-state index in [0.29, 0.717) is 24.7 Å². The molecule has 0 saturated carbocycles. The van der Waals surface area contributed by atoms with Crippen LogP contribution in [0.3, 0.4) is 0 Å². The number of anilines is 3. The Bertz CT molecular complexity index is 782. The number of aromatic nitrogens is 1. The lowest BCUT2D eigenvalue weighted by Gasteiger charge is -2.11. The van der Waals surface area contributed by atoms with Gasteiger partial charge in [0.05, 0.1) is 25.3 Å². The highest BCUT2D eigenvalue weighted by atomic mass is 16.5. The third kappa shape index (κ3) is 4.85. The van der Waals surface area contributed by atoms with Gasteiger partial charge in [0.15, 0.2) is 0 Å². The number of hydrogen-bond acceptors (Lipinski definition) is 7. The molecule has 25 heavy (non-hydrogen) atoms. The third-order valence-corrected chi connectivity index (χ3v) is 3.29. The molecule has 1 aromatic carbocycles. The third-order valence-electron chi connectivity index (χ3n) is 3.29. The summed E-state index contributed by atoms with van der Waals surface area (Å²) in [4.78, 5) is 15.8. The number of hydrogen-bond donors (Lipinski definition) is 2. The topological polar surface area (TPSA) is 110 Å². The monoisotopic (exact) mass is 340 g/mol. The van der Waals surface area contributed by atoms with Crippen LogP contribution in [-0.4, -0.2) is 24.2 Å². The number of nitrogens with one attached hydrogen (secondary N) is 1. The van der Waals surface area contributed by atoms with E-state index in [1.807, 2.05) is 30.3 Å². The maximum absolute atomic E-state index is 11.5. The maximum atomic E-state index is 11.5. The summed E-state index contributed by atoms with van der Waals surface area (Å²) in [5.74, 6) is 0.413. The summed E-state index contributed by atoms with van der Waals surface area (Å²) < 4.78 is 10.3. The molecule has 0 aliphatic rings. The van der Waals surface area contributed by atoms with Gasteiger partial charge in [-0.25, -0.2) is 0 Å². The van der Waals surface area contributed by atoms with E-state index in [-0.39, 0.29) is 23.8 Å². The summed E-state index contributed by atoms with van der Waals surface area (Å²) in [5.41, 5.74) is 8.03. The van der Waals surface area contributed by atoms with E-state index in [1.54, 1.807) is 19.9 Å². The summed E-state index contributed by atoms with van der Waals surface area (Å²) in [6.45, 7) is 4.33. The highest BCUT2D eigenvalue weighted by Gasteiger charge is 2.12. The van der Waals surface area contributed by atoms with E-state index in [9.17, 15) is 4.79 Å². The van der Waals surface area contributed by atoms with E-state index >= 15 is 0 Å². The SMILES string of the molecule is CCOC(=O)Cc1ccc(Nc2cc(N)c(C#N)c(OCC)n2)cc1. The minimum Gasteiger partial charge on any atom is -0.477 e. The summed E-state index contributed by atoms with van der Waals surface area (Å²) >= 11 is 0. The second-order valence-electron chi connectivity index (χ2n) is 5.13. The van der Waals surface area contributed by atoms with Crippen LogP contribution in [0, 0.1) is 11.3 Å². The molecule has 1 aromatic heterocycles. The fraction of sp³-hybridized carbons (Fsp3) is 0.278. The summed E-state index contributed by atoms with van der Waals surface area (Å²) in [7, 11) is 0. The minimum atomic E-state index is -0.258. The fourth-order valence-electron chi connectivity index (χ4n) is 2.19. The number of nitriles is 1. The van der Waals surface area contributed by atoms with Crippen molar-refractivity contribution in [3.63, 3.8) is 0 Å². The molecule has 0 unspecified atom stereocenters. The molecule has 0 atom stereocenters. The van der Waals surface area contributed by atoms with Gasteiger partial charge in [-0.15, -0.1) is 0 Å². The van der Waals surface area contributed by atoms with Crippen molar-refractivity contribution >= 4 is 23.2 Å². The highest BCUT2D eigenvalue weighted by Crippen LogP contribution is 2.27. The molecule has 130 valence electrons. The number of ether oxygens (including phenoxy) is 2. The average molecular weight is 340 g/mol. The van der Waals surface area contributed by atoms with Gasteiger partial charge in [-0.05, 0) is 31.5 Å². The van der Waals surface area contributed by atoms with Crippen molar-refractivity contribution in [2.75, 3.05) is 24.3 Å². The lowest BCUT2D eigenvalue weighted by molar-refractivity contribution is -0.142. The first-order valence-electron chi connectivity index (χ1n) is 7.92. The number of pyridine rings is 1. The van der Waals surface area contributed by atoms with Crippen molar-refractivity contribution in [1.29, 1.82) is 5.26 Å². The van der Waals surface area contributed by atoms with Gasteiger partial charge in [-0.1, -0.05) is 12.1 Å². The van der Waals surface area contributed by atoms with Gasteiger partial charge in [-0.2, -0.15) is 10.2 Å². The van der Waals surface area contributed by atoms with Gasteiger partial charge < -0.3 is 20.5 Å². The number of nitrogens with two attached hydrogens (primary N) is 1. The number of nitrogens with zero attached hydrogens (tertiary/aromatic N) is 2. The van der Waals surface area contributed by atoms with E-state index < -0.39 is 0 Å². The van der Waals surface area contributed by atoms with Gasteiger partial charge in [0.1, 0.15) is 17.5 Å². The van der Waals surface area contributed by atoms with Crippen molar-refractivity contribution in [3.05, 3.63) is 41.5 Å². The first-order valence-corrected chi connectivity index (χ1v) is 7.92. The number of nitrogen functional groups attached to an aromatic ring is 1. The Morgan fingerprint density at radius 1 is 1.28 bits per heavy atom. The Labute approximate surface area is 146 Å². The van der Waals surface area contributed by atoms with Crippen molar-refractivity contribution in [1.82, 2.24) is 4.98 Å². The number of carbonyl (C=O) groups excluding carboxylic acids is 1. The Kier molecular flexibility index (Phi) is 6.18. The average Bonchev–Trinajstić information content (AvgIpc) is 2.57. The lowest BCUT2D eigenvalue weighted by atomic mass is 10.1. The number of rotatable bonds is 7. The van der Waals surface area contributed by atoms with Crippen LogP contribution in [0.2, 0.25) is 0 Å². The molecular weight excluding hydrogens is 320 g/mol. The largest absolute Gasteiger partial charge is 0.477 e. The molecule has 3 N–H and O–H groups in total.